The number of hydrogen-bond acceptors (Lipinski definition) is 5. The van der Waals surface area contributed by atoms with Crippen LogP contribution in [-0.2, 0) is 20.7 Å². The van der Waals surface area contributed by atoms with Crippen molar-refractivity contribution in [1.29, 1.82) is 5.26 Å². The number of ether oxygens (including phenoxy) is 1. The summed E-state index contributed by atoms with van der Waals surface area (Å²) >= 11 is 0. The van der Waals surface area contributed by atoms with Crippen LogP contribution >= 0.6 is 0 Å². The predicted molar refractivity (Wildman–Crippen MR) is 63.9 cm³/mol. The van der Waals surface area contributed by atoms with Crippen molar-refractivity contribution in [2.45, 2.75) is 19.8 Å². The van der Waals surface area contributed by atoms with Crippen molar-refractivity contribution in [3.05, 3.63) is 29.3 Å². The lowest BCUT2D eigenvalue weighted by molar-refractivity contribution is -0.142. The quantitative estimate of drug-likeness (QED) is 0.343. The van der Waals surface area contributed by atoms with Gasteiger partial charge in [0.15, 0.2) is 0 Å². The highest BCUT2D eigenvalue weighted by atomic mass is 16.5. The van der Waals surface area contributed by atoms with Crippen molar-refractivity contribution in [3.63, 3.8) is 0 Å². The lowest BCUT2D eigenvalue weighted by Gasteiger charge is -2.06. The Kier molecular flexibility index (Phi) is 5.30. The summed E-state index contributed by atoms with van der Waals surface area (Å²) in [6, 6.07) is 6.98. The first kappa shape index (κ1) is 13.6. The number of aryl methyl sites for hydroxylation is 1. The minimum atomic E-state index is -0.402. The molecule has 0 aliphatic carbocycles. The molecule has 0 radical (unpaired) electrons. The van der Waals surface area contributed by atoms with Crippen LogP contribution in [-0.4, -0.2) is 18.7 Å². The summed E-state index contributed by atoms with van der Waals surface area (Å²) < 4.78 is 4.87. The first-order valence-electron chi connectivity index (χ1n) is 5.37. The molecule has 0 aliphatic rings. The highest BCUT2D eigenvalue weighted by molar-refractivity contribution is 5.73. The van der Waals surface area contributed by atoms with E-state index in [4.69, 9.17) is 10.00 Å². The van der Waals surface area contributed by atoms with Gasteiger partial charge in [-0.15, -0.1) is 0 Å². The Morgan fingerprint density at radius 3 is 2.94 bits per heavy atom. The van der Waals surface area contributed by atoms with Gasteiger partial charge in [-0.05, 0) is 30.2 Å². The zero-order chi connectivity index (χ0) is 13.4. The standard InChI is InChI=1S/C13H12N2O3/c1-10-3-4-12(15-9-16)7-11(10)8-13(17)18-6-2-5-14/h3-4,7H,2,6,8H2,1H3. The molecule has 0 atom stereocenters. The van der Waals surface area contributed by atoms with E-state index in [9.17, 15) is 9.59 Å². The lowest BCUT2D eigenvalue weighted by Crippen LogP contribution is -2.09. The van der Waals surface area contributed by atoms with Crippen LogP contribution in [0.5, 0.6) is 0 Å². The van der Waals surface area contributed by atoms with Gasteiger partial charge in [-0.2, -0.15) is 10.3 Å². The average Bonchev–Trinajstić information content (AvgIpc) is 2.34. The van der Waals surface area contributed by atoms with Crippen LogP contribution in [0.1, 0.15) is 17.5 Å². The van der Waals surface area contributed by atoms with Gasteiger partial charge in [-0.3, -0.25) is 4.79 Å². The molecule has 1 aromatic rings. The molecule has 0 saturated heterocycles. The fraction of sp³-hybridized carbons (Fsp3) is 0.308. The maximum atomic E-state index is 11.5. The summed E-state index contributed by atoms with van der Waals surface area (Å²) in [6.45, 7) is 1.95. The van der Waals surface area contributed by atoms with Gasteiger partial charge in [0.2, 0.25) is 6.08 Å². The highest BCUT2D eigenvalue weighted by Gasteiger charge is 2.08. The summed E-state index contributed by atoms with van der Waals surface area (Å²) in [5, 5.41) is 8.32. The third-order valence-electron chi connectivity index (χ3n) is 2.32. The van der Waals surface area contributed by atoms with Crippen LogP contribution in [0, 0.1) is 18.3 Å². The first-order valence-corrected chi connectivity index (χ1v) is 5.37. The van der Waals surface area contributed by atoms with E-state index in [2.05, 4.69) is 4.99 Å². The molecule has 18 heavy (non-hydrogen) atoms. The molecule has 0 saturated carbocycles. The van der Waals surface area contributed by atoms with Gasteiger partial charge in [0.05, 0.1) is 24.6 Å². The van der Waals surface area contributed by atoms with E-state index < -0.39 is 5.97 Å². The maximum Gasteiger partial charge on any atom is 0.310 e. The molecular formula is C13H12N2O3. The molecule has 5 heteroatoms. The molecule has 0 fully saturated rings. The molecule has 1 rings (SSSR count). The minimum absolute atomic E-state index is 0.0967. The van der Waals surface area contributed by atoms with Crippen molar-refractivity contribution < 1.29 is 14.3 Å². The summed E-state index contributed by atoms with van der Waals surface area (Å²) in [6.07, 6.45) is 1.73. The van der Waals surface area contributed by atoms with Crippen LogP contribution in [0.3, 0.4) is 0 Å². The number of esters is 1. The smallest absolute Gasteiger partial charge is 0.310 e. The Bertz CT molecular complexity index is 526. The Balaban J connectivity index is 2.71. The number of benzene rings is 1. The van der Waals surface area contributed by atoms with Gasteiger partial charge in [-0.1, -0.05) is 6.07 Å². The molecule has 1 aromatic carbocycles. The van der Waals surface area contributed by atoms with Crippen molar-refractivity contribution in [2.75, 3.05) is 6.61 Å². The largest absolute Gasteiger partial charge is 0.464 e. The number of isocyanates is 1. The number of nitrogens with zero attached hydrogens (tertiary/aromatic N) is 2. The molecule has 0 N–H and O–H groups in total. The van der Waals surface area contributed by atoms with Crippen molar-refractivity contribution in [3.8, 4) is 6.07 Å². The summed E-state index contributed by atoms with van der Waals surface area (Å²) in [7, 11) is 0. The third-order valence-corrected chi connectivity index (χ3v) is 2.32. The fourth-order valence-electron chi connectivity index (χ4n) is 1.39. The number of nitriles is 1. The monoisotopic (exact) mass is 244 g/mol. The zero-order valence-corrected chi connectivity index (χ0v) is 9.97. The second kappa shape index (κ2) is 7.00. The Labute approximate surface area is 105 Å². The molecule has 0 amide bonds. The van der Waals surface area contributed by atoms with Crippen LogP contribution in [0.2, 0.25) is 0 Å². The lowest BCUT2D eigenvalue weighted by atomic mass is 10.1. The van der Waals surface area contributed by atoms with E-state index in [0.29, 0.717) is 5.69 Å². The molecule has 0 bridgehead atoms. The maximum absolute atomic E-state index is 11.5. The SMILES string of the molecule is Cc1ccc(N=C=O)cc1CC(=O)OCCC#N. The molecule has 0 heterocycles. The zero-order valence-electron chi connectivity index (χ0n) is 9.97. The topological polar surface area (TPSA) is 79.5 Å². The van der Waals surface area contributed by atoms with Crippen molar-refractivity contribution >= 4 is 17.7 Å². The molecule has 0 aromatic heterocycles. The van der Waals surface area contributed by atoms with Gasteiger partial charge < -0.3 is 4.74 Å². The molecular weight excluding hydrogens is 232 g/mol. The minimum Gasteiger partial charge on any atom is -0.464 e. The van der Waals surface area contributed by atoms with Crippen LogP contribution in [0.4, 0.5) is 5.69 Å². The van der Waals surface area contributed by atoms with Crippen molar-refractivity contribution in [1.82, 2.24) is 0 Å². The number of hydrogen-bond donors (Lipinski definition) is 0. The normalized spacial score (nSPS) is 9.11. The number of carbonyl (C=O) groups excluding carboxylic acids is 2. The Hall–Kier alpha value is -2.44. The number of aliphatic imine (C=N–C) groups is 1. The fourth-order valence-corrected chi connectivity index (χ4v) is 1.39. The van der Waals surface area contributed by atoms with E-state index in [0.717, 1.165) is 11.1 Å². The van der Waals surface area contributed by atoms with Gasteiger partial charge in [0.25, 0.3) is 0 Å². The van der Waals surface area contributed by atoms with Gasteiger partial charge in [0.1, 0.15) is 6.61 Å². The molecule has 0 aliphatic heterocycles. The average molecular weight is 244 g/mol. The summed E-state index contributed by atoms with van der Waals surface area (Å²) in [5.74, 6) is -0.402. The van der Waals surface area contributed by atoms with E-state index in [-0.39, 0.29) is 19.4 Å². The van der Waals surface area contributed by atoms with Gasteiger partial charge >= 0.3 is 5.97 Å². The number of rotatable bonds is 5. The molecule has 5 nitrogen and oxygen atoms in total. The van der Waals surface area contributed by atoms with E-state index >= 15 is 0 Å². The van der Waals surface area contributed by atoms with Gasteiger partial charge in [0, 0.05) is 0 Å². The Morgan fingerprint density at radius 1 is 1.50 bits per heavy atom. The second-order valence-corrected chi connectivity index (χ2v) is 3.62. The Morgan fingerprint density at radius 2 is 2.28 bits per heavy atom. The van der Waals surface area contributed by atoms with E-state index in [1.165, 1.54) is 6.08 Å². The second-order valence-electron chi connectivity index (χ2n) is 3.62. The highest BCUT2D eigenvalue weighted by Crippen LogP contribution is 2.18. The molecule has 0 spiro atoms. The van der Waals surface area contributed by atoms with Crippen molar-refractivity contribution in [2.24, 2.45) is 4.99 Å². The number of carbonyl (C=O) groups is 1. The first-order chi connectivity index (χ1) is 8.67. The summed E-state index contributed by atoms with van der Waals surface area (Å²) in [4.78, 5) is 25.1. The van der Waals surface area contributed by atoms with Crippen LogP contribution in [0.15, 0.2) is 23.2 Å². The summed E-state index contributed by atoms with van der Waals surface area (Å²) in [5.41, 5.74) is 2.11. The van der Waals surface area contributed by atoms with E-state index in [1.807, 2.05) is 13.0 Å². The molecule has 92 valence electrons. The van der Waals surface area contributed by atoms with Crippen LogP contribution < -0.4 is 0 Å². The molecule has 0 unspecified atom stereocenters. The van der Waals surface area contributed by atoms with Crippen LogP contribution in [0.25, 0.3) is 0 Å². The third kappa shape index (κ3) is 4.20. The van der Waals surface area contributed by atoms with Gasteiger partial charge in [-0.25, -0.2) is 4.79 Å². The predicted octanol–water partition coefficient (Wildman–Crippen LogP) is 1.96. The van der Waals surface area contributed by atoms with E-state index in [1.54, 1.807) is 18.2 Å².